The summed E-state index contributed by atoms with van der Waals surface area (Å²) >= 11 is 0. The van der Waals surface area contributed by atoms with Crippen molar-refractivity contribution in [2.75, 3.05) is 6.54 Å². The van der Waals surface area contributed by atoms with Crippen LogP contribution in [0.2, 0.25) is 0 Å². The molecule has 0 aliphatic rings. The number of benzene rings is 1. The van der Waals surface area contributed by atoms with E-state index in [0.29, 0.717) is 5.92 Å². The number of rotatable bonds is 4. The highest BCUT2D eigenvalue weighted by Crippen LogP contribution is 2.21. The standard InChI is InChI=1S/C13H21N/c1-4-11-6-7-12(5-2)13(8-11)10(3)9-14/h6-8,10H,4-5,9,14H2,1-3H3. The molecule has 1 aromatic rings. The van der Waals surface area contributed by atoms with Crippen LogP contribution in [0.1, 0.15) is 43.4 Å². The number of hydrogen-bond acceptors (Lipinski definition) is 1. The van der Waals surface area contributed by atoms with Crippen molar-refractivity contribution in [3.63, 3.8) is 0 Å². The van der Waals surface area contributed by atoms with E-state index in [-0.39, 0.29) is 0 Å². The van der Waals surface area contributed by atoms with Gasteiger partial charge in [-0.05, 0) is 42.0 Å². The Labute approximate surface area is 87.3 Å². The van der Waals surface area contributed by atoms with Crippen molar-refractivity contribution in [2.45, 2.75) is 39.5 Å². The van der Waals surface area contributed by atoms with E-state index in [1.165, 1.54) is 16.7 Å². The monoisotopic (exact) mass is 191 g/mol. The van der Waals surface area contributed by atoms with E-state index in [4.69, 9.17) is 5.73 Å². The fraction of sp³-hybridized carbons (Fsp3) is 0.538. The first-order chi connectivity index (χ1) is 6.72. The normalized spacial score (nSPS) is 12.9. The van der Waals surface area contributed by atoms with Gasteiger partial charge in [-0.2, -0.15) is 0 Å². The van der Waals surface area contributed by atoms with Gasteiger partial charge in [-0.15, -0.1) is 0 Å². The van der Waals surface area contributed by atoms with Crippen molar-refractivity contribution < 1.29 is 0 Å². The summed E-state index contributed by atoms with van der Waals surface area (Å²) in [7, 11) is 0. The molecule has 0 spiro atoms. The Morgan fingerprint density at radius 1 is 1.21 bits per heavy atom. The van der Waals surface area contributed by atoms with Crippen molar-refractivity contribution in [1.29, 1.82) is 0 Å². The third-order valence-electron chi connectivity index (χ3n) is 2.88. The minimum atomic E-state index is 0.483. The molecule has 0 aromatic heterocycles. The van der Waals surface area contributed by atoms with Crippen LogP contribution in [0.25, 0.3) is 0 Å². The van der Waals surface area contributed by atoms with E-state index in [1.807, 2.05) is 0 Å². The molecular formula is C13H21N. The molecule has 0 radical (unpaired) electrons. The molecule has 0 bridgehead atoms. The maximum Gasteiger partial charge on any atom is -0.00108 e. The van der Waals surface area contributed by atoms with Gasteiger partial charge in [0.1, 0.15) is 0 Å². The zero-order valence-corrected chi connectivity index (χ0v) is 9.51. The molecular weight excluding hydrogens is 170 g/mol. The van der Waals surface area contributed by atoms with Crippen LogP contribution in [0, 0.1) is 0 Å². The van der Waals surface area contributed by atoms with Gasteiger partial charge < -0.3 is 5.73 Å². The Hall–Kier alpha value is -0.820. The largest absolute Gasteiger partial charge is 0.330 e. The number of hydrogen-bond donors (Lipinski definition) is 1. The molecule has 0 fully saturated rings. The first kappa shape index (κ1) is 11.3. The minimum absolute atomic E-state index is 0.483. The van der Waals surface area contributed by atoms with Crippen molar-refractivity contribution in [3.8, 4) is 0 Å². The molecule has 1 atom stereocenters. The third-order valence-corrected chi connectivity index (χ3v) is 2.88. The molecule has 2 N–H and O–H groups in total. The molecule has 0 saturated heterocycles. The molecule has 78 valence electrons. The lowest BCUT2D eigenvalue weighted by atomic mass is 9.92. The van der Waals surface area contributed by atoms with Crippen LogP contribution >= 0.6 is 0 Å². The summed E-state index contributed by atoms with van der Waals surface area (Å²) in [6.45, 7) is 7.33. The highest BCUT2D eigenvalue weighted by molar-refractivity contribution is 5.34. The van der Waals surface area contributed by atoms with Crippen molar-refractivity contribution in [3.05, 3.63) is 34.9 Å². The van der Waals surface area contributed by atoms with Crippen LogP contribution in [0.5, 0.6) is 0 Å². The van der Waals surface area contributed by atoms with Gasteiger partial charge in [0.15, 0.2) is 0 Å². The number of nitrogens with two attached hydrogens (primary N) is 1. The predicted molar refractivity (Wildman–Crippen MR) is 62.7 cm³/mol. The quantitative estimate of drug-likeness (QED) is 0.778. The lowest BCUT2D eigenvalue weighted by Gasteiger charge is -2.15. The molecule has 0 saturated carbocycles. The van der Waals surface area contributed by atoms with E-state index in [0.717, 1.165) is 19.4 Å². The SMILES string of the molecule is CCc1ccc(CC)c(C(C)CN)c1. The topological polar surface area (TPSA) is 26.0 Å². The molecule has 1 aromatic carbocycles. The summed E-state index contributed by atoms with van der Waals surface area (Å²) in [5.41, 5.74) is 10.0. The Bertz CT molecular complexity index is 291. The minimum Gasteiger partial charge on any atom is -0.330 e. The van der Waals surface area contributed by atoms with Crippen molar-refractivity contribution in [1.82, 2.24) is 0 Å². The highest BCUT2D eigenvalue weighted by atomic mass is 14.5. The first-order valence-corrected chi connectivity index (χ1v) is 5.54. The molecule has 0 aliphatic carbocycles. The van der Waals surface area contributed by atoms with Gasteiger partial charge in [0.25, 0.3) is 0 Å². The molecule has 0 amide bonds. The van der Waals surface area contributed by atoms with E-state index >= 15 is 0 Å². The molecule has 14 heavy (non-hydrogen) atoms. The zero-order chi connectivity index (χ0) is 10.6. The number of aryl methyl sites for hydroxylation is 2. The van der Waals surface area contributed by atoms with Gasteiger partial charge >= 0.3 is 0 Å². The second-order valence-electron chi connectivity index (χ2n) is 3.88. The van der Waals surface area contributed by atoms with Crippen LogP contribution in [-0.2, 0) is 12.8 Å². The molecule has 1 nitrogen and oxygen atoms in total. The van der Waals surface area contributed by atoms with Gasteiger partial charge in [-0.3, -0.25) is 0 Å². The second kappa shape index (κ2) is 5.16. The van der Waals surface area contributed by atoms with Crippen LogP contribution in [-0.4, -0.2) is 6.54 Å². The molecule has 1 heteroatoms. The lowest BCUT2D eigenvalue weighted by molar-refractivity contribution is 0.759. The summed E-state index contributed by atoms with van der Waals surface area (Å²) in [6.07, 6.45) is 2.21. The maximum absolute atomic E-state index is 5.72. The molecule has 1 rings (SSSR count). The van der Waals surface area contributed by atoms with Crippen LogP contribution in [0.15, 0.2) is 18.2 Å². The van der Waals surface area contributed by atoms with Gasteiger partial charge in [0.05, 0.1) is 0 Å². The van der Waals surface area contributed by atoms with E-state index in [2.05, 4.69) is 39.0 Å². The second-order valence-corrected chi connectivity index (χ2v) is 3.88. The summed E-state index contributed by atoms with van der Waals surface area (Å²) < 4.78 is 0. The summed E-state index contributed by atoms with van der Waals surface area (Å²) in [5, 5.41) is 0. The van der Waals surface area contributed by atoms with E-state index in [9.17, 15) is 0 Å². The molecule has 0 heterocycles. The fourth-order valence-corrected chi connectivity index (χ4v) is 1.77. The van der Waals surface area contributed by atoms with Gasteiger partial charge in [-0.25, -0.2) is 0 Å². The van der Waals surface area contributed by atoms with Crippen LogP contribution < -0.4 is 5.73 Å². The predicted octanol–water partition coefficient (Wildman–Crippen LogP) is 2.87. The lowest BCUT2D eigenvalue weighted by Crippen LogP contribution is -2.11. The van der Waals surface area contributed by atoms with Crippen molar-refractivity contribution >= 4 is 0 Å². The highest BCUT2D eigenvalue weighted by Gasteiger charge is 2.08. The summed E-state index contributed by atoms with van der Waals surface area (Å²) in [5.74, 6) is 0.483. The van der Waals surface area contributed by atoms with E-state index in [1.54, 1.807) is 0 Å². The zero-order valence-electron chi connectivity index (χ0n) is 9.51. The molecule has 0 aliphatic heterocycles. The summed E-state index contributed by atoms with van der Waals surface area (Å²) in [4.78, 5) is 0. The Kier molecular flexibility index (Phi) is 4.15. The Balaban J connectivity index is 3.08. The smallest absolute Gasteiger partial charge is 0.00108 e. The average Bonchev–Trinajstić information content (AvgIpc) is 2.27. The first-order valence-electron chi connectivity index (χ1n) is 5.54. The van der Waals surface area contributed by atoms with Gasteiger partial charge in [0, 0.05) is 0 Å². The molecule has 1 unspecified atom stereocenters. The van der Waals surface area contributed by atoms with Gasteiger partial charge in [-0.1, -0.05) is 39.0 Å². The maximum atomic E-state index is 5.72. The van der Waals surface area contributed by atoms with Gasteiger partial charge in [0.2, 0.25) is 0 Å². The third kappa shape index (κ3) is 2.36. The van der Waals surface area contributed by atoms with Crippen LogP contribution in [0.3, 0.4) is 0 Å². The Morgan fingerprint density at radius 3 is 2.43 bits per heavy atom. The van der Waals surface area contributed by atoms with E-state index < -0.39 is 0 Å². The fourth-order valence-electron chi connectivity index (χ4n) is 1.77. The summed E-state index contributed by atoms with van der Waals surface area (Å²) in [6, 6.07) is 6.79. The van der Waals surface area contributed by atoms with Crippen LogP contribution in [0.4, 0.5) is 0 Å². The Morgan fingerprint density at radius 2 is 1.93 bits per heavy atom. The van der Waals surface area contributed by atoms with Crippen molar-refractivity contribution in [2.24, 2.45) is 5.73 Å². The average molecular weight is 191 g/mol.